The standard InChI is InChI=1S/C21H20N2O3S/c1-23(27(2,25)26)18-14-12-17(13-15-18)21(24)22-20-11-7-6-10-19(20)16-8-4-3-5-9-16/h3-15H,1-2H3,(H,22,24). The molecule has 0 radical (unpaired) electrons. The molecule has 0 saturated heterocycles. The SMILES string of the molecule is CN(c1ccc(C(=O)Nc2ccccc2-c2ccccc2)cc1)S(C)(=O)=O. The molecule has 5 nitrogen and oxygen atoms in total. The molecule has 0 aliphatic heterocycles. The number of nitrogens with zero attached hydrogens (tertiary/aromatic N) is 1. The van der Waals surface area contributed by atoms with Gasteiger partial charge in [-0.05, 0) is 35.9 Å². The van der Waals surface area contributed by atoms with Crippen molar-refractivity contribution in [2.75, 3.05) is 22.9 Å². The lowest BCUT2D eigenvalue weighted by molar-refractivity contribution is 0.102. The Morgan fingerprint density at radius 3 is 2.07 bits per heavy atom. The van der Waals surface area contributed by atoms with Gasteiger partial charge in [-0.1, -0.05) is 48.5 Å². The Morgan fingerprint density at radius 1 is 0.852 bits per heavy atom. The molecule has 1 N–H and O–H groups in total. The summed E-state index contributed by atoms with van der Waals surface area (Å²) in [4.78, 5) is 12.6. The van der Waals surface area contributed by atoms with Gasteiger partial charge in [-0.2, -0.15) is 0 Å². The van der Waals surface area contributed by atoms with Crippen LogP contribution in [0.1, 0.15) is 10.4 Å². The fraction of sp³-hybridized carbons (Fsp3) is 0.0952. The van der Waals surface area contributed by atoms with Crippen molar-refractivity contribution >= 4 is 27.3 Å². The minimum atomic E-state index is -3.34. The van der Waals surface area contributed by atoms with Gasteiger partial charge in [-0.3, -0.25) is 9.10 Å². The molecule has 0 atom stereocenters. The second kappa shape index (κ2) is 7.63. The van der Waals surface area contributed by atoms with E-state index in [4.69, 9.17) is 0 Å². The van der Waals surface area contributed by atoms with Crippen molar-refractivity contribution in [2.24, 2.45) is 0 Å². The lowest BCUT2D eigenvalue weighted by atomic mass is 10.0. The molecule has 3 aromatic rings. The van der Waals surface area contributed by atoms with Gasteiger partial charge >= 0.3 is 0 Å². The van der Waals surface area contributed by atoms with Crippen LogP contribution < -0.4 is 9.62 Å². The second-order valence-electron chi connectivity index (χ2n) is 6.14. The van der Waals surface area contributed by atoms with Crippen molar-refractivity contribution < 1.29 is 13.2 Å². The summed E-state index contributed by atoms with van der Waals surface area (Å²) in [6.45, 7) is 0. The number of sulfonamides is 1. The summed E-state index contributed by atoms with van der Waals surface area (Å²) in [6, 6.07) is 23.9. The summed E-state index contributed by atoms with van der Waals surface area (Å²) in [7, 11) is -1.87. The zero-order valence-corrected chi connectivity index (χ0v) is 15.9. The number of hydrogen-bond acceptors (Lipinski definition) is 3. The van der Waals surface area contributed by atoms with Crippen LogP contribution in [0.3, 0.4) is 0 Å². The summed E-state index contributed by atoms with van der Waals surface area (Å²) in [6.07, 6.45) is 1.13. The molecule has 3 rings (SSSR count). The number of amides is 1. The maximum atomic E-state index is 12.6. The summed E-state index contributed by atoms with van der Waals surface area (Å²) >= 11 is 0. The molecular weight excluding hydrogens is 360 g/mol. The number of rotatable bonds is 5. The van der Waals surface area contributed by atoms with Crippen molar-refractivity contribution in [2.45, 2.75) is 0 Å². The number of anilines is 2. The van der Waals surface area contributed by atoms with Crippen LogP contribution >= 0.6 is 0 Å². The molecular formula is C21H20N2O3S. The van der Waals surface area contributed by atoms with Crippen molar-refractivity contribution in [3.63, 3.8) is 0 Å². The molecule has 0 fully saturated rings. The van der Waals surface area contributed by atoms with Gasteiger partial charge in [0.25, 0.3) is 5.91 Å². The number of nitrogens with one attached hydrogen (secondary N) is 1. The minimum absolute atomic E-state index is 0.257. The van der Waals surface area contributed by atoms with Crippen molar-refractivity contribution in [3.05, 3.63) is 84.4 Å². The fourth-order valence-corrected chi connectivity index (χ4v) is 3.17. The van der Waals surface area contributed by atoms with Crippen molar-refractivity contribution in [3.8, 4) is 11.1 Å². The first kappa shape index (κ1) is 18.7. The molecule has 0 aliphatic carbocycles. The van der Waals surface area contributed by atoms with E-state index in [1.54, 1.807) is 24.3 Å². The van der Waals surface area contributed by atoms with Gasteiger partial charge in [0.2, 0.25) is 10.0 Å². The zero-order valence-electron chi connectivity index (χ0n) is 15.1. The van der Waals surface area contributed by atoms with Crippen LogP contribution in [0.15, 0.2) is 78.9 Å². The molecule has 1 amide bonds. The Labute approximate surface area is 159 Å². The Bertz CT molecular complexity index is 1050. The highest BCUT2D eigenvalue weighted by molar-refractivity contribution is 7.92. The Hall–Kier alpha value is -3.12. The number of carbonyl (C=O) groups is 1. The van der Waals surface area contributed by atoms with E-state index in [0.717, 1.165) is 17.4 Å². The van der Waals surface area contributed by atoms with E-state index in [-0.39, 0.29) is 5.91 Å². The highest BCUT2D eigenvalue weighted by Crippen LogP contribution is 2.28. The first-order chi connectivity index (χ1) is 12.9. The highest BCUT2D eigenvalue weighted by atomic mass is 32.2. The third-order valence-electron chi connectivity index (χ3n) is 4.25. The maximum Gasteiger partial charge on any atom is 0.255 e. The van der Waals surface area contributed by atoms with Crippen LogP contribution in [0, 0.1) is 0 Å². The third-order valence-corrected chi connectivity index (χ3v) is 5.46. The van der Waals surface area contributed by atoms with Gasteiger partial charge in [0.15, 0.2) is 0 Å². The monoisotopic (exact) mass is 380 g/mol. The third kappa shape index (κ3) is 4.35. The Morgan fingerprint density at radius 2 is 1.44 bits per heavy atom. The zero-order chi connectivity index (χ0) is 19.4. The predicted octanol–water partition coefficient (Wildman–Crippen LogP) is 4.00. The van der Waals surface area contributed by atoms with Crippen LogP contribution in [0.4, 0.5) is 11.4 Å². The number of para-hydroxylation sites is 1. The van der Waals surface area contributed by atoms with E-state index < -0.39 is 10.0 Å². The second-order valence-corrected chi connectivity index (χ2v) is 8.16. The van der Waals surface area contributed by atoms with Gasteiger partial charge in [0, 0.05) is 23.9 Å². The Kier molecular flexibility index (Phi) is 5.28. The predicted molar refractivity (Wildman–Crippen MR) is 110 cm³/mol. The van der Waals surface area contributed by atoms with E-state index >= 15 is 0 Å². The van der Waals surface area contributed by atoms with Crippen LogP contribution in [0.5, 0.6) is 0 Å². The maximum absolute atomic E-state index is 12.6. The lowest BCUT2D eigenvalue weighted by Crippen LogP contribution is -2.24. The summed E-state index contributed by atoms with van der Waals surface area (Å²) in [5, 5.41) is 2.93. The van der Waals surface area contributed by atoms with Crippen LogP contribution in [0.25, 0.3) is 11.1 Å². The molecule has 27 heavy (non-hydrogen) atoms. The smallest absolute Gasteiger partial charge is 0.255 e. The van der Waals surface area contributed by atoms with Crippen molar-refractivity contribution in [1.82, 2.24) is 0 Å². The summed E-state index contributed by atoms with van der Waals surface area (Å²) < 4.78 is 24.4. The average molecular weight is 380 g/mol. The molecule has 0 bridgehead atoms. The first-order valence-corrected chi connectivity index (χ1v) is 10.2. The molecule has 138 valence electrons. The molecule has 0 heterocycles. The number of benzene rings is 3. The van der Waals surface area contributed by atoms with E-state index in [0.29, 0.717) is 16.9 Å². The molecule has 3 aromatic carbocycles. The first-order valence-electron chi connectivity index (χ1n) is 8.36. The summed E-state index contributed by atoms with van der Waals surface area (Å²) in [5.74, 6) is -0.257. The molecule has 0 unspecified atom stereocenters. The molecule has 0 spiro atoms. The molecule has 0 aliphatic rings. The molecule has 6 heteroatoms. The number of hydrogen-bond donors (Lipinski definition) is 1. The van der Waals surface area contributed by atoms with E-state index in [1.807, 2.05) is 54.6 Å². The van der Waals surface area contributed by atoms with E-state index in [1.165, 1.54) is 11.4 Å². The Balaban J connectivity index is 1.83. The lowest BCUT2D eigenvalue weighted by Gasteiger charge is -2.17. The highest BCUT2D eigenvalue weighted by Gasteiger charge is 2.14. The van der Waals surface area contributed by atoms with Crippen molar-refractivity contribution in [1.29, 1.82) is 0 Å². The quantitative estimate of drug-likeness (QED) is 0.727. The van der Waals surface area contributed by atoms with E-state index in [2.05, 4.69) is 5.32 Å². The normalized spacial score (nSPS) is 11.0. The molecule has 0 saturated carbocycles. The van der Waals surface area contributed by atoms with Crippen LogP contribution in [0.2, 0.25) is 0 Å². The van der Waals surface area contributed by atoms with Crippen LogP contribution in [-0.4, -0.2) is 27.6 Å². The van der Waals surface area contributed by atoms with Crippen LogP contribution in [-0.2, 0) is 10.0 Å². The van der Waals surface area contributed by atoms with Gasteiger partial charge < -0.3 is 5.32 Å². The van der Waals surface area contributed by atoms with Gasteiger partial charge in [-0.15, -0.1) is 0 Å². The topological polar surface area (TPSA) is 66.5 Å². The van der Waals surface area contributed by atoms with Gasteiger partial charge in [-0.25, -0.2) is 8.42 Å². The van der Waals surface area contributed by atoms with Gasteiger partial charge in [0.1, 0.15) is 0 Å². The minimum Gasteiger partial charge on any atom is -0.321 e. The fourth-order valence-electron chi connectivity index (χ4n) is 2.67. The van der Waals surface area contributed by atoms with Gasteiger partial charge in [0.05, 0.1) is 11.9 Å². The molecule has 0 aromatic heterocycles. The summed E-state index contributed by atoms with van der Waals surface area (Å²) in [5.41, 5.74) is 3.60. The number of carbonyl (C=O) groups excluding carboxylic acids is 1. The average Bonchev–Trinajstić information content (AvgIpc) is 2.68. The van der Waals surface area contributed by atoms with E-state index in [9.17, 15) is 13.2 Å². The largest absolute Gasteiger partial charge is 0.321 e.